The molecule has 0 saturated heterocycles. The summed E-state index contributed by atoms with van der Waals surface area (Å²) in [6, 6.07) is 11.2. The Hall–Kier alpha value is -2.10. The molecule has 2 nitrogen and oxygen atoms in total. The molecule has 0 amide bonds. The van der Waals surface area contributed by atoms with E-state index in [-0.39, 0.29) is 0 Å². The lowest BCUT2D eigenvalue weighted by molar-refractivity contribution is 0.414. The van der Waals surface area contributed by atoms with Gasteiger partial charge in [0, 0.05) is 12.6 Å². The van der Waals surface area contributed by atoms with Gasteiger partial charge in [-0.2, -0.15) is 0 Å². The molecule has 0 radical (unpaired) electrons. The topological polar surface area (TPSA) is 21.3 Å². The van der Waals surface area contributed by atoms with Crippen molar-refractivity contribution in [3.8, 4) is 5.75 Å². The molecule has 2 aromatic rings. The average Bonchev–Trinajstić information content (AvgIpc) is 2.41. The van der Waals surface area contributed by atoms with Crippen LogP contribution in [0.2, 0.25) is 0 Å². The first kappa shape index (κ1) is 13.3. The highest BCUT2D eigenvalue weighted by atomic mass is 19.1. The van der Waals surface area contributed by atoms with E-state index in [4.69, 9.17) is 4.74 Å². The van der Waals surface area contributed by atoms with Crippen LogP contribution in [0.25, 0.3) is 0 Å². The Morgan fingerprint density at radius 2 is 1.95 bits per heavy atom. The molecule has 0 spiro atoms. The molecular weight excluding hydrogens is 248 g/mol. The van der Waals surface area contributed by atoms with E-state index in [9.17, 15) is 8.78 Å². The lowest BCUT2D eigenvalue weighted by Crippen LogP contribution is -2.06. The lowest BCUT2D eigenvalue weighted by atomic mass is 10.1. The number of benzene rings is 2. The summed E-state index contributed by atoms with van der Waals surface area (Å²) in [4.78, 5) is 0. The van der Waals surface area contributed by atoms with Crippen LogP contribution >= 0.6 is 0 Å². The Morgan fingerprint density at radius 3 is 2.68 bits per heavy atom. The standard InChI is InChI=1S/C15H15F2NO/c1-19-13-4-2-3-11(9-13)7-8-18-15-6-5-12(16)10-14(15)17/h2-6,9-10,18H,7-8H2,1H3. The summed E-state index contributed by atoms with van der Waals surface area (Å²) in [6.45, 7) is 0.565. The average molecular weight is 263 g/mol. The van der Waals surface area contributed by atoms with Crippen molar-refractivity contribution < 1.29 is 13.5 Å². The molecule has 0 aliphatic rings. The molecule has 0 saturated carbocycles. The maximum Gasteiger partial charge on any atom is 0.149 e. The molecule has 100 valence electrons. The van der Waals surface area contributed by atoms with Gasteiger partial charge < -0.3 is 10.1 Å². The molecule has 0 aliphatic heterocycles. The van der Waals surface area contributed by atoms with Crippen LogP contribution in [0, 0.1) is 11.6 Å². The van der Waals surface area contributed by atoms with Crippen molar-refractivity contribution in [2.75, 3.05) is 19.0 Å². The second-order valence-electron chi connectivity index (χ2n) is 4.15. The summed E-state index contributed by atoms with van der Waals surface area (Å²) in [5, 5.41) is 2.94. The SMILES string of the molecule is COc1cccc(CCNc2ccc(F)cc2F)c1. The predicted octanol–water partition coefficient (Wildman–Crippen LogP) is 3.63. The second kappa shape index (κ2) is 6.18. The molecule has 2 aromatic carbocycles. The van der Waals surface area contributed by atoms with Gasteiger partial charge in [0.25, 0.3) is 0 Å². The van der Waals surface area contributed by atoms with Crippen LogP contribution in [0.4, 0.5) is 14.5 Å². The molecule has 0 unspecified atom stereocenters. The summed E-state index contributed by atoms with van der Waals surface area (Å²) in [5.74, 6) is -0.355. The van der Waals surface area contributed by atoms with Crippen LogP contribution in [0.1, 0.15) is 5.56 Å². The van der Waals surface area contributed by atoms with Crippen LogP contribution in [-0.4, -0.2) is 13.7 Å². The molecule has 0 heterocycles. The molecule has 2 rings (SSSR count). The fourth-order valence-corrected chi connectivity index (χ4v) is 1.80. The van der Waals surface area contributed by atoms with E-state index in [2.05, 4.69) is 5.32 Å². The third-order valence-electron chi connectivity index (χ3n) is 2.79. The van der Waals surface area contributed by atoms with E-state index < -0.39 is 11.6 Å². The third kappa shape index (κ3) is 3.68. The van der Waals surface area contributed by atoms with Gasteiger partial charge in [-0.1, -0.05) is 12.1 Å². The van der Waals surface area contributed by atoms with Gasteiger partial charge in [0.15, 0.2) is 0 Å². The Bertz CT molecular complexity index is 558. The zero-order chi connectivity index (χ0) is 13.7. The zero-order valence-corrected chi connectivity index (χ0v) is 10.6. The number of hydrogen-bond donors (Lipinski definition) is 1. The lowest BCUT2D eigenvalue weighted by Gasteiger charge is -2.08. The molecule has 0 aliphatic carbocycles. The van der Waals surface area contributed by atoms with Crippen molar-refractivity contribution in [1.82, 2.24) is 0 Å². The first-order valence-corrected chi connectivity index (χ1v) is 6.01. The number of ether oxygens (including phenoxy) is 1. The van der Waals surface area contributed by atoms with E-state index in [0.29, 0.717) is 12.2 Å². The fraction of sp³-hybridized carbons (Fsp3) is 0.200. The molecular formula is C15H15F2NO. The maximum absolute atomic E-state index is 13.4. The largest absolute Gasteiger partial charge is 0.497 e. The van der Waals surface area contributed by atoms with Crippen molar-refractivity contribution >= 4 is 5.69 Å². The number of rotatable bonds is 5. The van der Waals surface area contributed by atoms with E-state index in [1.807, 2.05) is 24.3 Å². The highest BCUT2D eigenvalue weighted by Crippen LogP contribution is 2.16. The van der Waals surface area contributed by atoms with Crippen molar-refractivity contribution in [3.05, 3.63) is 59.7 Å². The molecule has 19 heavy (non-hydrogen) atoms. The monoisotopic (exact) mass is 263 g/mol. The Kier molecular flexibility index (Phi) is 4.34. The van der Waals surface area contributed by atoms with E-state index in [1.165, 1.54) is 12.1 Å². The summed E-state index contributed by atoms with van der Waals surface area (Å²) < 4.78 is 31.2. The third-order valence-corrected chi connectivity index (χ3v) is 2.79. The number of anilines is 1. The van der Waals surface area contributed by atoms with Gasteiger partial charge in [0.1, 0.15) is 17.4 Å². The van der Waals surface area contributed by atoms with Crippen LogP contribution in [0.5, 0.6) is 5.75 Å². The summed E-state index contributed by atoms with van der Waals surface area (Å²) in [7, 11) is 1.62. The van der Waals surface area contributed by atoms with Crippen LogP contribution in [-0.2, 0) is 6.42 Å². The van der Waals surface area contributed by atoms with Crippen molar-refractivity contribution in [3.63, 3.8) is 0 Å². The van der Waals surface area contributed by atoms with Crippen LogP contribution < -0.4 is 10.1 Å². The molecule has 0 bridgehead atoms. The minimum Gasteiger partial charge on any atom is -0.497 e. The van der Waals surface area contributed by atoms with Gasteiger partial charge >= 0.3 is 0 Å². The van der Waals surface area contributed by atoms with E-state index in [1.54, 1.807) is 7.11 Å². The van der Waals surface area contributed by atoms with Crippen molar-refractivity contribution in [1.29, 1.82) is 0 Å². The second-order valence-corrected chi connectivity index (χ2v) is 4.15. The Labute approximate surface area is 111 Å². The molecule has 4 heteroatoms. The fourth-order valence-electron chi connectivity index (χ4n) is 1.80. The summed E-state index contributed by atoms with van der Waals surface area (Å²) in [5.41, 5.74) is 1.40. The maximum atomic E-state index is 13.4. The van der Waals surface area contributed by atoms with Crippen molar-refractivity contribution in [2.24, 2.45) is 0 Å². The van der Waals surface area contributed by atoms with Gasteiger partial charge in [0.05, 0.1) is 12.8 Å². The van der Waals surface area contributed by atoms with Gasteiger partial charge in [-0.05, 0) is 36.2 Å². The van der Waals surface area contributed by atoms with Gasteiger partial charge in [0.2, 0.25) is 0 Å². The summed E-state index contributed by atoms with van der Waals surface area (Å²) in [6.07, 6.45) is 0.730. The molecule has 0 aromatic heterocycles. The highest BCUT2D eigenvalue weighted by molar-refractivity contribution is 5.44. The molecule has 0 atom stereocenters. The number of methoxy groups -OCH3 is 1. The minimum atomic E-state index is -0.578. The summed E-state index contributed by atoms with van der Waals surface area (Å²) >= 11 is 0. The number of halogens is 2. The minimum absolute atomic E-state index is 0.310. The van der Waals surface area contributed by atoms with Crippen LogP contribution in [0.3, 0.4) is 0 Å². The highest BCUT2D eigenvalue weighted by Gasteiger charge is 2.03. The Morgan fingerprint density at radius 1 is 1.11 bits per heavy atom. The quantitative estimate of drug-likeness (QED) is 0.889. The first-order valence-electron chi connectivity index (χ1n) is 6.01. The first-order chi connectivity index (χ1) is 9.19. The smallest absolute Gasteiger partial charge is 0.149 e. The molecule has 1 N–H and O–H groups in total. The van der Waals surface area contributed by atoms with Crippen LogP contribution in [0.15, 0.2) is 42.5 Å². The van der Waals surface area contributed by atoms with Gasteiger partial charge in [-0.3, -0.25) is 0 Å². The van der Waals surface area contributed by atoms with Gasteiger partial charge in [-0.15, -0.1) is 0 Å². The Balaban J connectivity index is 1.92. The normalized spacial score (nSPS) is 10.3. The predicted molar refractivity (Wildman–Crippen MR) is 71.5 cm³/mol. The zero-order valence-electron chi connectivity index (χ0n) is 10.6. The van der Waals surface area contributed by atoms with E-state index >= 15 is 0 Å². The van der Waals surface area contributed by atoms with Crippen molar-refractivity contribution in [2.45, 2.75) is 6.42 Å². The number of nitrogens with one attached hydrogen (secondary N) is 1. The molecule has 0 fully saturated rings. The number of hydrogen-bond acceptors (Lipinski definition) is 2. The van der Waals surface area contributed by atoms with E-state index in [0.717, 1.165) is 23.8 Å². The van der Waals surface area contributed by atoms with Gasteiger partial charge in [-0.25, -0.2) is 8.78 Å².